The van der Waals surface area contributed by atoms with Gasteiger partial charge in [-0.1, -0.05) is 0 Å². The third-order valence-electron chi connectivity index (χ3n) is 3.57. The average molecular weight is 255 g/mol. The minimum Gasteiger partial charge on any atom is -0.496 e. The van der Waals surface area contributed by atoms with E-state index in [2.05, 4.69) is 17.0 Å². The highest BCUT2D eigenvalue weighted by atomic mass is 16.5. The molecule has 1 aromatic carbocycles. The van der Waals surface area contributed by atoms with E-state index in [1.54, 1.807) is 13.2 Å². The molecule has 1 aromatic rings. The lowest BCUT2D eigenvalue weighted by Crippen LogP contribution is -2.32. The van der Waals surface area contributed by atoms with Crippen LogP contribution in [-0.2, 0) is 6.54 Å². The number of ether oxygens (including phenoxy) is 1. The summed E-state index contributed by atoms with van der Waals surface area (Å²) in [5.74, 6) is 1.02. The molecule has 19 heavy (non-hydrogen) atoms. The largest absolute Gasteiger partial charge is 0.496 e. The quantitative estimate of drug-likeness (QED) is 0.831. The minimum absolute atomic E-state index is 0.198. The van der Waals surface area contributed by atoms with Crippen molar-refractivity contribution < 1.29 is 4.74 Å². The first-order valence-corrected chi connectivity index (χ1v) is 6.46. The Bertz CT molecular complexity index is 519. The zero-order chi connectivity index (χ0) is 13.7. The van der Waals surface area contributed by atoms with Gasteiger partial charge in [0.25, 0.3) is 0 Å². The molecule has 1 saturated heterocycles. The Kier molecular flexibility index (Phi) is 4.39. The summed E-state index contributed by atoms with van der Waals surface area (Å²) in [6.45, 7) is 2.63. The predicted octanol–water partition coefficient (Wildman–Crippen LogP) is 2.30. The first kappa shape index (κ1) is 13.4. The van der Waals surface area contributed by atoms with Gasteiger partial charge in [-0.05, 0) is 44.1 Å². The van der Waals surface area contributed by atoms with E-state index < -0.39 is 0 Å². The molecule has 4 nitrogen and oxygen atoms in total. The van der Waals surface area contributed by atoms with Crippen LogP contribution in [0.3, 0.4) is 0 Å². The molecule has 0 radical (unpaired) electrons. The van der Waals surface area contributed by atoms with Gasteiger partial charge < -0.3 is 4.74 Å². The first-order chi connectivity index (χ1) is 9.26. The van der Waals surface area contributed by atoms with Crippen molar-refractivity contribution in [3.63, 3.8) is 0 Å². The molecule has 1 aliphatic heterocycles. The van der Waals surface area contributed by atoms with E-state index in [9.17, 15) is 0 Å². The normalized spacial score (nSPS) is 16.6. The second-order valence-corrected chi connectivity index (χ2v) is 4.82. The van der Waals surface area contributed by atoms with Crippen LogP contribution in [0.2, 0.25) is 0 Å². The van der Waals surface area contributed by atoms with Crippen molar-refractivity contribution in [3.05, 3.63) is 29.3 Å². The summed E-state index contributed by atoms with van der Waals surface area (Å²) in [5, 5.41) is 17.9. The highest BCUT2D eigenvalue weighted by Gasteiger charge is 2.19. The molecule has 0 amide bonds. The Morgan fingerprint density at radius 3 is 2.63 bits per heavy atom. The van der Waals surface area contributed by atoms with Crippen LogP contribution in [0.25, 0.3) is 0 Å². The molecule has 0 spiro atoms. The van der Waals surface area contributed by atoms with Crippen molar-refractivity contribution in [2.24, 2.45) is 5.92 Å². The van der Waals surface area contributed by atoms with Crippen LogP contribution in [0.4, 0.5) is 0 Å². The summed E-state index contributed by atoms with van der Waals surface area (Å²) in [6, 6.07) is 9.99. The number of benzene rings is 1. The molecule has 0 atom stereocenters. The van der Waals surface area contributed by atoms with Crippen LogP contribution in [0.1, 0.15) is 24.0 Å². The zero-order valence-corrected chi connectivity index (χ0v) is 11.1. The number of rotatable bonds is 3. The number of hydrogen-bond acceptors (Lipinski definition) is 4. The Labute approximate surface area is 113 Å². The Morgan fingerprint density at radius 2 is 2.05 bits per heavy atom. The van der Waals surface area contributed by atoms with Crippen LogP contribution in [-0.4, -0.2) is 25.1 Å². The Hall–Kier alpha value is -2.04. The number of nitriles is 2. The summed E-state index contributed by atoms with van der Waals surface area (Å²) < 4.78 is 5.34. The monoisotopic (exact) mass is 255 g/mol. The Morgan fingerprint density at radius 1 is 1.32 bits per heavy atom. The molecule has 1 heterocycles. The van der Waals surface area contributed by atoms with Gasteiger partial charge in [0.1, 0.15) is 5.75 Å². The molecule has 0 N–H and O–H groups in total. The van der Waals surface area contributed by atoms with Crippen molar-refractivity contribution >= 4 is 0 Å². The summed E-state index contributed by atoms with van der Waals surface area (Å²) in [7, 11) is 1.65. The van der Waals surface area contributed by atoms with Crippen LogP contribution in [0.5, 0.6) is 5.75 Å². The third kappa shape index (κ3) is 3.24. The lowest BCUT2D eigenvalue weighted by Gasteiger charge is -2.29. The van der Waals surface area contributed by atoms with Crippen molar-refractivity contribution in [3.8, 4) is 17.9 Å². The molecular formula is C15H17N3O. The van der Waals surface area contributed by atoms with Crippen LogP contribution < -0.4 is 4.74 Å². The smallest absolute Gasteiger partial charge is 0.123 e. The molecule has 0 aromatic heterocycles. The van der Waals surface area contributed by atoms with Gasteiger partial charge in [0.15, 0.2) is 0 Å². The number of hydrogen-bond donors (Lipinski definition) is 0. The second-order valence-electron chi connectivity index (χ2n) is 4.82. The maximum atomic E-state index is 8.96. The van der Waals surface area contributed by atoms with Gasteiger partial charge in [0, 0.05) is 18.0 Å². The molecule has 4 heteroatoms. The van der Waals surface area contributed by atoms with Crippen LogP contribution in [0, 0.1) is 28.6 Å². The lowest BCUT2D eigenvalue weighted by atomic mass is 9.98. The fourth-order valence-electron chi connectivity index (χ4n) is 2.43. The van der Waals surface area contributed by atoms with Gasteiger partial charge in [0.2, 0.25) is 0 Å². The van der Waals surface area contributed by atoms with Gasteiger partial charge >= 0.3 is 0 Å². The molecular weight excluding hydrogens is 238 g/mol. The summed E-state index contributed by atoms with van der Waals surface area (Å²) in [6.07, 6.45) is 1.85. The molecule has 1 aliphatic rings. The van der Waals surface area contributed by atoms with E-state index in [0.29, 0.717) is 5.56 Å². The summed E-state index contributed by atoms with van der Waals surface area (Å²) in [4.78, 5) is 2.31. The topological polar surface area (TPSA) is 60.0 Å². The third-order valence-corrected chi connectivity index (χ3v) is 3.57. The van der Waals surface area contributed by atoms with Crippen molar-refractivity contribution in [1.82, 2.24) is 4.90 Å². The van der Waals surface area contributed by atoms with E-state index >= 15 is 0 Å². The number of nitrogens with zero attached hydrogens (tertiary/aromatic N) is 3. The molecule has 0 unspecified atom stereocenters. The van der Waals surface area contributed by atoms with Crippen molar-refractivity contribution in [2.75, 3.05) is 20.2 Å². The molecule has 0 saturated carbocycles. The van der Waals surface area contributed by atoms with E-state index in [0.717, 1.165) is 43.8 Å². The Balaban J connectivity index is 2.07. The van der Waals surface area contributed by atoms with E-state index in [-0.39, 0.29) is 5.92 Å². The highest BCUT2D eigenvalue weighted by Crippen LogP contribution is 2.24. The molecule has 2 rings (SSSR count). The van der Waals surface area contributed by atoms with Gasteiger partial charge in [-0.3, -0.25) is 4.90 Å². The maximum Gasteiger partial charge on any atom is 0.123 e. The minimum atomic E-state index is 0.198. The zero-order valence-electron chi connectivity index (χ0n) is 11.1. The van der Waals surface area contributed by atoms with E-state index in [4.69, 9.17) is 15.3 Å². The van der Waals surface area contributed by atoms with Crippen LogP contribution >= 0.6 is 0 Å². The van der Waals surface area contributed by atoms with E-state index in [1.165, 1.54) is 0 Å². The molecule has 98 valence electrons. The predicted molar refractivity (Wildman–Crippen MR) is 71.3 cm³/mol. The van der Waals surface area contributed by atoms with Crippen LogP contribution in [0.15, 0.2) is 18.2 Å². The van der Waals surface area contributed by atoms with Crippen molar-refractivity contribution in [2.45, 2.75) is 19.4 Å². The summed E-state index contributed by atoms with van der Waals surface area (Å²) >= 11 is 0. The van der Waals surface area contributed by atoms with Gasteiger partial charge in [-0.15, -0.1) is 0 Å². The highest BCUT2D eigenvalue weighted by molar-refractivity contribution is 5.42. The first-order valence-electron chi connectivity index (χ1n) is 6.46. The fraction of sp³-hybridized carbons (Fsp3) is 0.467. The SMILES string of the molecule is COc1ccc(C#N)cc1CN1CCC(C#N)CC1. The molecule has 0 aliphatic carbocycles. The second kappa shape index (κ2) is 6.22. The van der Waals surface area contributed by atoms with Crippen molar-refractivity contribution in [1.29, 1.82) is 10.5 Å². The van der Waals surface area contributed by atoms with Gasteiger partial charge in [-0.2, -0.15) is 10.5 Å². The molecule has 1 fully saturated rings. The fourth-order valence-corrected chi connectivity index (χ4v) is 2.43. The van der Waals surface area contributed by atoms with E-state index in [1.807, 2.05) is 12.1 Å². The lowest BCUT2D eigenvalue weighted by molar-refractivity contribution is 0.196. The summed E-state index contributed by atoms with van der Waals surface area (Å²) in [5.41, 5.74) is 1.69. The van der Waals surface area contributed by atoms with Gasteiger partial charge in [0.05, 0.1) is 24.8 Å². The average Bonchev–Trinajstić information content (AvgIpc) is 2.48. The standard InChI is InChI=1S/C15H17N3O/c1-19-15-3-2-13(10-17)8-14(15)11-18-6-4-12(9-16)5-7-18/h2-3,8,12H,4-7,11H2,1H3. The van der Waals surface area contributed by atoms with Gasteiger partial charge in [-0.25, -0.2) is 0 Å². The number of likely N-dealkylation sites (tertiary alicyclic amines) is 1. The molecule has 0 bridgehead atoms. The maximum absolute atomic E-state index is 8.96. The number of piperidine rings is 1. The number of methoxy groups -OCH3 is 1.